The van der Waals surface area contributed by atoms with Crippen LogP contribution in [0.15, 0.2) is 54.6 Å². The van der Waals surface area contributed by atoms with Gasteiger partial charge in [0, 0.05) is 50.4 Å². The molecule has 2 aromatic carbocycles. The molecule has 1 unspecified atom stereocenters. The number of benzene rings is 2. The number of hydrogen-bond acceptors (Lipinski definition) is 4. The molecule has 0 bridgehead atoms. The molecule has 2 aromatic rings. The minimum Gasteiger partial charge on any atom is -0.368 e. The molecule has 7 nitrogen and oxygen atoms in total. The Kier molecular flexibility index (Phi) is 5.81. The third-order valence-corrected chi connectivity index (χ3v) is 5.78. The van der Waals surface area contributed by atoms with E-state index in [9.17, 15) is 14.4 Å². The molecule has 7 heteroatoms. The lowest BCUT2D eigenvalue weighted by Crippen LogP contribution is -2.59. The Bertz CT molecular complexity index is 946. The summed E-state index contributed by atoms with van der Waals surface area (Å²) in [6.07, 6.45) is 1.36. The lowest BCUT2D eigenvalue weighted by Gasteiger charge is -2.40. The van der Waals surface area contributed by atoms with Crippen LogP contribution < -0.4 is 10.6 Å². The van der Waals surface area contributed by atoms with Crippen molar-refractivity contribution < 1.29 is 14.4 Å². The molecule has 156 valence electrons. The molecule has 2 N–H and O–H groups in total. The summed E-state index contributed by atoms with van der Waals surface area (Å²) in [5, 5.41) is 0. The van der Waals surface area contributed by atoms with Crippen molar-refractivity contribution in [2.45, 2.75) is 25.4 Å². The van der Waals surface area contributed by atoms with Crippen LogP contribution in [-0.2, 0) is 16.1 Å². The summed E-state index contributed by atoms with van der Waals surface area (Å²) in [7, 11) is 0. The lowest BCUT2D eigenvalue weighted by atomic mass is 10.1. The minimum absolute atomic E-state index is 0.0733. The van der Waals surface area contributed by atoms with Crippen LogP contribution in [0.4, 0.5) is 5.69 Å². The number of rotatable bonds is 5. The Balaban J connectivity index is 1.49. The van der Waals surface area contributed by atoms with Gasteiger partial charge in [-0.1, -0.05) is 36.4 Å². The first-order valence-corrected chi connectivity index (χ1v) is 10.3. The first-order valence-electron chi connectivity index (χ1n) is 10.3. The predicted molar refractivity (Wildman–Crippen MR) is 114 cm³/mol. The number of amides is 3. The van der Waals surface area contributed by atoms with E-state index in [-0.39, 0.29) is 11.8 Å². The number of nitrogens with zero attached hydrogens (tertiary/aromatic N) is 3. The maximum atomic E-state index is 13.2. The number of primary amides is 1. The molecule has 3 amide bonds. The SMILES string of the molecule is NC(=O)C1CN(Cc2ccccc2)CCN1C(=O)c1cccc(N2CCCC2=O)c1. The van der Waals surface area contributed by atoms with Gasteiger partial charge in [0.05, 0.1) is 0 Å². The Morgan fingerprint density at radius 2 is 1.80 bits per heavy atom. The monoisotopic (exact) mass is 406 g/mol. The fourth-order valence-electron chi connectivity index (χ4n) is 4.21. The molecule has 30 heavy (non-hydrogen) atoms. The molecule has 0 aromatic heterocycles. The number of carbonyl (C=O) groups is 3. The maximum Gasteiger partial charge on any atom is 0.254 e. The van der Waals surface area contributed by atoms with E-state index in [1.54, 1.807) is 28.0 Å². The number of hydrogen-bond donors (Lipinski definition) is 1. The molecule has 0 aliphatic carbocycles. The van der Waals surface area contributed by atoms with Gasteiger partial charge in [-0.15, -0.1) is 0 Å². The lowest BCUT2D eigenvalue weighted by molar-refractivity contribution is -0.124. The molecule has 2 saturated heterocycles. The summed E-state index contributed by atoms with van der Waals surface area (Å²) in [6.45, 7) is 2.86. The first-order chi connectivity index (χ1) is 14.5. The minimum atomic E-state index is -0.688. The van der Waals surface area contributed by atoms with Crippen LogP contribution >= 0.6 is 0 Å². The fourth-order valence-corrected chi connectivity index (χ4v) is 4.21. The average molecular weight is 406 g/mol. The van der Waals surface area contributed by atoms with Gasteiger partial charge in [-0.05, 0) is 30.2 Å². The van der Waals surface area contributed by atoms with Crippen LogP contribution in [0.2, 0.25) is 0 Å². The third kappa shape index (κ3) is 4.21. The van der Waals surface area contributed by atoms with Crippen molar-refractivity contribution in [3.8, 4) is 0 Å². The number of piperazine rings is 1. The van der Waals surface area contributed by atoms with E-state index >= 15 is 0 Å². The summed E-state index contributed by atoms with van der Waals surface area (Å²) in [4.78, 5) is 42.9. The molecular formula is C23H26N4O3. The molecule has 0 spiro atoms. The Hall–Kier alpha value is -3.19. The Morgan fingerprint density at radius 1 is 1.00 bits per heavy atom. The van der Waals surface area contributed by atoms with Crippen LogP contribution in [0.5, 0.6) is 0 Å². The largest absolute Gasteiger partial charge is 0.368 e. The van der Waals surface area contributed by atoms with Gasteiger partial charge in [0.1, 0.15) is 6.04 Å². The van der Waals surface area contributed by atoms with Crippen LogP contribution in [0, 0.1) is 0 Å². The van der Waals surface area contributed by atoms with Gasteiger partial charge in [0.25, 0.3) is 5.91 Å². The first kappa shape index (κ1) is 20.1. The van der Waals surface area contributed by atoms with Crippen molar-refractivity contribution in [3.63, 3.8) is 0 Å². The molecular weight excluding hydrogens is 380 g/mol. The van der Waals surface area contributed by atoms with E-state index in [4.69, 9.17) is 5.73 Å². The summed E-state index contributed by atoms with van der Waals surface area (Å²) < 4.78 is 0. The second kappa shape index (κ2) is 8.67. The standard InChI is InChI=1S/C23H26N4O3/c24-22(29)20-16-25(15-17-6-2-1-3-7-17)12-13-27(20)23(30)18-8-4-9-19(14-18)26-11-5-10-21(26)28/h1-4,6-9,14,20H,5,10-13,15-16H2,(H2,24,29). The van der Waals surface area contributed by atoms with Crippen LogP contribution in [-0.4, -0.2) is 59.7 Å². The summed E-state index contributed by atoms with van der Waals surface area (Å²) in [5.41, 5.74) is 8.01. The highest BCUT2D eigenvalue weighted by Crippen LogP contribution is 2.24. The van der Waals surface area contributed by atoms with E-state index in [0.29, 0.717) is 44.7 Å². The molecule has 0 radical (unpaired) electrons. The summed E-state index contributed by atoms with van der Waals surface area (Å²) >= 11 is 0. The molecule has 4 rings (SSSR count). The molecule has 0 saturated carbocycles. The highest BCUT2D eigenvalue weighted by Gasteiger charge is 2.35. The van der Waals surface area contributed by atoms with Crippen molar-refractivity contribution in [1.82, 2.24) is 9.80 Å². The molecule has 2 fully saturated rings. The zero-order valence-corrected chi connectivity index (χ0v) is 16.9. The van der Waals surface area contributed by atoms with Crippen molar-refractivity contribution in [2.24, 2.45) is 5.73 Å². The predicted octanol–water partition coefficient (Wildman–Crippen LogP) is 1.63. The normalized spacial score (nSPS) is 19.9. The van der Waals surface area contributed by atoms with Crippen molar-refractivity contribution >= 4 is 23.4 Å². The van der Waals surface area contributed by atoms with Gasteiger partial charge in [-0.2, -0.15) is 0 Å². The van der Waals surface area contributed by atoms with Crippen molar-refractivity contribution in [2.75, 3.05) is 31.1 Å². The zero-order valence-electron chi connectivity index (χ0n) is 16.9. The van der Waals surface area contributed by atoms with E-state index in [2.05, 4.69) is 4.90 Å². The molecule has 2 heterocycles. The molecule has 1 atom stereocenters. The van der Waals surface area contributed by atoms with Crippen LogP contribution in [0.1, 0.15) is 28.8 Å². The highest BCUT2D eigenvalue weighted by atomic mass is 16.2. The average Bonchev–Trinajstić information content (AvgIpc) is 3.20. The van der Waals surface area contributed by atoms with Gasteiger partial charge < -0.3 is 15.5 Å². The van der Waals surface area contributed by atoms with Crippen molar-refractivity contribution in [1.29, 1.82) is 0 Å². The van der Waals surface area contributed by atoms with E-state index in [0.717, 1.165) is 17.7 Å². The second-order valence-electron chi connectivity index (χ2n) is 7.84. The fraction of sp³-hybridized carbons (Fsp3) is 0.348. The van der Waals surface area contributed by atoms with Crippen molar-refractivity contribution in [3.05, 3.63) is 65.7 Å². The third-order valence-electron chi connectivity index (χ3n) is 5.78. The zero-order chi connectivity index (χ0) is 21.1. The Morgan fingerprint density at radius 3 is 2.50 bits per heavy atom. The van der Waals surface area contributed by atoms with Gasteiger partial charge in [-0.3, -0.25) is 19.3 Å². The van der Waals surface area contributed by atoms with Crippen LogP contribution in [0.25, 0.3) is 0 Å². The van der Waals surface area contributed by atoms with Crippen LogP contribution in [0.3, 0.4) is 0 Å². The van der Waals surface area contributed by atoms with Gasteiger partial charge in [-0.25, -0.2) is 0 Å². The summed E-state index contributed by atoms with van der Waals surface area (Å²) in [6, 6.07) is 16.4. The topological polar surface area (TPSA) is 87.0 Å². The van der Waals surface area contributed by atoms with E-state index in [1.165, 1.54) is 0 Å². The Labute approximate surface area is 176 Å². The van der Waals surface area contributed by atoms with Gasteiger partial charge in [0.15, 0.2) is 0 Å². The second-order valence-corrected chi connectivity index (χ2v) is 7.84. The van der Waals surface area contributed by atoms with Gasteiger partial charge in [0.2, 0.25) is 11.8 Å². The number of carbonyl (C=O) groups excluding carboxylic acids is 3. The molecule has 2 aliphatic heterocycles. The highest BCUT2D eigenvalue weighted by molar-refractivity contribution is 6.00. The maximum absolute atomic E-state index is 13.2. The van der Waals surface area contributed by atoms with E-state index in [1.807, 2.05) is 36.4 Å². The smallest absolute Gasteiger partial charge is 0.254 e. The quantitative estimate of drug-likeness (QED) is 0.818. The molecule has 2 aliphatic rings. The summed E-state index contributed by atoms with van der Waals surface area (Å²) in [5.74, 6) is -0.664. The van der Waals surface area contributed by atoms with E-state index < -0.39 is 11.9 Å². The van der Waals surface area contributed by atoms with Gasteiger partial charge >= 0.3 is 0 Å². The number of nitrogens with two attached hydrogens (primary N) is 1. The number of anilines is 1.